The van der Waals surface area contributed by atoms with Crippen molar-refractivity contribution in [2.45, 2.75) is 52.1 Å². The minimum absolute atomic E-state index is 0.0902. The zero-order valence-corrected chi connectivity index (χ0v) is 13.1. The zero-order valence-electron chi connectivity index (χ0n) is 13.1. The number of aliphatic carboxylic acids is 1. The fourth-order valence-electron chi connectivity index (χ4n) is 3.15. The van der Waals surface area contributed by atoms with E-state index in [9.17, 15) is 9.59 Å². The summed E-state index contributed by atoms with van der Waals surface area (Å²) in [5.41, 5.74) is 1.67. The van der Waals surface area contributed by atoms with Crippen LogP contribution in [0, 0.1) is 13.8 Å². The van der Waals surface area contributed by atoms with Crippen LogP contribution in [0.25, 0.3) is 0 Å². The van der Waals surface area contributed by atoms with E-state index < -0.39 is 5.97 Å². The number of nitrogens with zero attached hydrogens (tertiary/aromatic N) is 3. The van der Waals surface area contributed by atoms with Crippen molar-refractivity contribution in [3.05, 3.63) is 27.4 Å². The number of hydrogen-bond acceptors (Lipinski definition) is 4. The van der Waals surface area contributed by atoms with Crippen LogP contribution in [0.5, 0.6) is 0 Å². The van der Waals surface area contributed by atoms with E-state index in [0.29, 0.717) is 17.3 Å². The third-order valence-electron chi connectivity index (χ3n) is 4.58. The van der Waals surface area contributed by atoms with Crippen molar-refractivity contribution < 1.29 is 9.90 Å². The zero-order chi connectivity index (χ0) is 15.7. The molecule has 2 unspecified atom stereocenters. The number of aromatic nitrogens is 2. The third kappa shape index (κ3) is 3.15. The molecule has 0 radical (unpaired) electrons. The van der Waals surface area contributed by atoms with Gasteiger partial charge in [-0.1, -0.05) is 0 Å². The topological polar surface area (TPSA) is 75.4 Å². The van der Waals surface area contributed by atoms with Gasteiger partial charge in [-0.15, -0.1) is 0 Å². The summed E-state index contributed by atoms with van der Waals surface area (Å²) in [6.07, 6.45) is 1.68. The molecule has 6 heteroatoms. The summed E-state index contributed by atoms with van der Waals surface area (Å²) >= 11 is 0. The smallest absolute Gasteiger partial charge is 0.348 e. The van der Waals surface area contributed by atoms with Crippen LogP contribution in [0.15, 0.2) is 4.79 Å². The molecule has 0 amide bonds. The highest BCUT2D eigenvalue weighted by Crippen LogP contribution is 2.27. The van der Waals surface area contributed by atoms with E-state index in [-0.39, 0.29) is 18.2 Å². The minimum Gasteiger partial charge on any atom is -0.481 e. The van der Waals surface area contributed by atoms with E-state index in [1.165, 1.54) is 0 Å². The van der Waals surface area contributed by atoms with Crippen molar-refractivity contribution in [2.24, 2.45) is 0 Å². The lowest BCUT2D eigenvalue weighted by atomic mass is 9.97. The number of likely N-dealkylation sites (tertiary alicyclic amines) is 1. The monoisotopic (exact) mass is 293 g/mol. The van der Waals surface area contributed by atoms with Crippen molar-refractivity contribution >= 4 is 5.97 Å². The van der Waals surface area contributed by atoms with Gasteiger partial charge in [0.15, 0.2) is 0 Å². The molecule has 1 aliphatic rings. The lowest BCUT2D eigenvalue weighted by Gasteiger charge is -2.36. The summed E-state index contributed by atoms with van der Waals surface area (Å²) in [6.45, 7) is 6.61. The van der Waals surface area contributed by atoms with Crippen LogP contribution in [-0.2, 0) is 11.2 Å². The van der Waals surface area contributed by atoms with Crippen molar-refractivity contribution in [3.8, 4) is 0 Å². The molecule has 116 valence electrons. The second-order valence-electron chi connectivity index (χ2n) is 5.99. The van der Waals surface area contributed by atoms with Gasteiger partial charge in [0.25, 0.3) is 0 Å². The Morgan fingerprint density at radius 3 is 2.67 bits per heavy atom. The summed E-state index contributed by atoms with van der Waals surface area (Å²) in [6, 6.07) is 0.503. The van der Waals surface area contributed by atoms with Gasteiger partial charge in [0.2, 0.25) is 0 Å². The van der Waals surface area contributed by atoms with Gasteiger partial charge in [0, 0.05) is 35.6 Å². The van der Waals surface area contributed by atoms with Crippen LogP contribution in [-0.4, -0.2) is 45.2 Å². The van der Waals surface area contributed by atoms with E-state index in [2.05, 4.69) is 23.9 Å². The van der Waals surface area contributed by atoms with Crippen LogP contribution in [0.1, 0.15) is 42.8 Å². The highest BCUT2D eigenvalue weighted by molar-refractivity contribution is 5.70. The Balaban J connectivity index is 2.44. The molecule has 0 aliphatic carbocycles. The van der Waals surface area contributed by atoms with Gasteiger partial charge < -0.3 is 10.0 Å². The van der Waals surface area contributed by atoms with E-state index in [1.807, 2.05) is 6.92 Å². The minimum atomic E-state index is -0.898. The van der Waals surface area contributed by atoms with Crippen LogP contribution in [0.4, 0.5) is 0 Å². The third-order valence-corrected chi connectivity index (χ3v) is 4.58. The van der Waals surface area contributed by atoms with Crippen molar-refractivity contribution in [1.29, 1.82) is 0 Å². The molecule has 1 aromatic heterocycles. The normalized spacial score (nSPS) is 23.2. The summed E-state index contributed by atoms with van der Waals surface area (Å²) < 4.78 is 1.70. The Bertz CT molecular complexity index is 609. The Hall–Kier alpha value is -1.69. The second kappa shape index (κ2) is 5.97. The number of carbonyl (C=O) groups is 1. The number of rotatable bonds is 3. The fraction of sp³-hybridized carbons (Fsp3) is 0.667. The molecule has 0 aromatic carbocycles. The van der Waals surface area contributed by atoms with Gasteiger partial charge in [-0.3, -0.25) is 9.36 Å². The SMILES string of the molecule is Cc1nc(=O)n(C2CCN(C)C(C)C2)c(C)c1CC(=O)O. The molecule has 1 N–H and O–H groups in total. The van der Waals surface area contributed by atoms with E-state index in [4.69, 9.17) is 5.11 Å². The first-order valence-corrected chi connectivity index (χ1v) is 7.32. The Kier molecular flexibility index (Phi) is 4.46. The number of hydrogen-bond donors (Lipinski definition) is 1. The predicted octanol–water partition coefficient (Wildman–Crippen LogP) is 1.14. The maximum atomic E-state index is 12.3. The van der Waals surface area contributed by atoms with Gasteiger partial charge in [-0.05, 0) is 40.7 Å². The first kappa shape index (κ1) is 15.7. The molecule has 21 heavy (non-hydrogen) atoms. The Morgan fingerprint density at radius 2 is 2.10 bits per heavy atom. The molecule has 1 saturated heterocycles. The fourth-order valence-corrected chi connectivity index (χ4v) is 3.15. The summed E-state index contributed by atoms with van der Waals surface area (Å²) in [4.78, 5) is 29.6. The van der Waals surface area contributed by atoms with Gasteiger partial charge in [0.05, 0.1) is 6.42 Å². The highest BCUT2D eigenvalue weighted by atomic mass is 16.4. The molecular weight excluding hydrogens is 270 g/mol. The molecule has 1 fully saturated rings. The Morgan fingerprint density at radius 1 is 1.43 bits per heavy atom. The van der Waals surface area contributed by atoms with E-state index in [1.54, 1.807) is 11.5 Å². The molecule has 0 spiro atoms. The first-order valence-electron chi connectivity index (χ1n) is 7.32. The predicted molar refractivity (Wildman–Crippen MR) is 79.7 cm³/mol. The van der Waals surface area contributed by atoms with Crippen LogP contribution < -0.4 is 5.69 Å². The van der Waals surface area contributed by atoms with Crippen LogP contribution >= 0.6 is 0 Å². The molecule has 0 saturated carbocycles. The largest absolute Gasteiger partial charge is 0.481 e. The van der Waals surface area contributed by atoms with Crippen LogP contribution in [0.2, 0.25) is 0 Å². The number of aryl methyl sites for hydroxylation is 1. The van der Waals surface area contributed by atoms with Gasteiger partial charge in [-0.25, -0.2) is 4.79 Å². The average Bonchev–Trinajstić information content (AvgIpc) is 2.38. The van der Waals surface area contributed by atoms with E-state index in [0.717, 1.165) is 25.1 Å². The second-order valence-corrected chi connectivity index (χ2v) is 5.99. The van der Waals surface area contributed by atoms with Gasteiger partial charge in [-0.2, -0.15) is 4.98 Å². The number of carboxylic acid groups (broad SMARTS) is 1. The quantitative estimate of drug-likeness (QED) is 0.904. The Labute approximate surface area is 124 Å². The van der Waals surface area contributed by atoms with Crippen molar-refractivity contribution in [3.63, 3.8) is 0 Å². The van der Waals surface area contributed by atoms with Gasteiger partial charge in [0.1, 0.15) is 0 Å². The first-order chi connectivity index (χ1) is 9.81. The van der Waals surface area contributed by atoms with E-state index >= 15 is 0 Å². The van der Waals surface area contributed by atoms with Gasteiger partial charge >= 0.3 is 11.7 Å². The maximum absolute atomic E-state index is 12.3. The molecule has 1 aliphatic heterocycles. The molecule has 2 atom stereocenters. The summed E-state index contributed by atoms with van der Waals surface area (Å²) in [5, 5.41) is 9.04. The molecule has 2 rings (SSSR count). The average molecular weight is 293 g/mol. The number of piperidine rings is 1. The van der Waals surface area contributed by atoms with Crippen LogP contribution in [0.3, 0.4) is 0 Å². The lowest BCUT2D eigenvalue weighted by molar-refractivity contribution is -0.136. The molecule has 0 bridgehead atoms. The summed E-state index contributed by atoms with van der Waals surface area (Å²) in [7, 11) is 2.08. The lowest BCUT2D eigenvalue weighted by Crippen LogP contribution is -2.42. The number of carboxylic acids is 1. The van der Waals surface area contributed by atoms with Crippen molar-refractivity contribution in [1.82, 2.24) is 14.5 Å². The molecule has 6 nitrogen and oxygen atoms in total. The summed E-state index contributed by atoms with van der Waals surface area (Å²) in [5.74, 6) is -0.898. The standard InChI is InChI=1S/C15H23N3O3/c1-9-7-12(5-6-17(9)4)18-11(3)13(8-14(19)20)10(2)16-15(18)21/h9,12H,5-8H2,1-4H3,(H,19,20). The molecular formula is C15H23N3O3. The maximum Gasteiger partial charge on any atom is 0.348 e. The molecule has 1 aromatic rings. The molecule has 2 heterocycles. The van der Waals surface area contributed by atoms with Crippen molar-refractivity contribution in [2.75, 3.05) is 13.6 Å². The highest BCUT2D eigenvalue weighted by Gasteiger charge is 2.27.